The fourth-order valence-corrected chi connectivity index (χ4v) is 3.20. The Morgan fingerprint density at radius 3 is 2.65 bits per heavy atom. The zero-order chi connectivity index (χ0) is 12.9. The van der Waals surface area contributed by atoms with Crippen LogP contribution in [0.5, 0.6) is 0 Å². The summed E-state index contributed by atoms with van der Waals surface area (Å²) in [5, 5.41) is 0. The van der Waals surface area contributed by atoms with Crippen LogP contribution in [-0.4, -0.2) is 12.7 Å². The number of rotatable bonds is 5. The molecule has 3 atom stereocenters. The summed E-state index contributed by atoms with van der Waals surface area (Å²) in [6.45, 7) is 10.0. The van der Waals surface area contributed by atoms with Crippen LogP contribution in [0.2, 0.25) is 0 Å². The van der Waals surface area contributed by atoms with Gasteiger partial charge in [0.1, 0.15) is 6.10 Å². The maximum absolute atomic E-state index is 5.91. The lowest BCUT2D eigenvalue weighted by atomic mass is 9.63. The Labute approximate surface area is 107 Å². The highest BCUT2D eigenvalue weighted by Gasteiger charge is 2.39. The summed E-state index contributed by atoms with van der Waals surface area (Å²) >= 11 is 0. The number of hydrogen-bond donors (Lipinski definition) is 0. The maximum atomic E-state index is 5.91. The fraction of sp³-hybridized carbons (Fsp3) is 0.875. The molecule has 1 nitrogen and oxygen atoms in total. The summed E-state index contributed by atoms with van der Waals surface area (Å²) < 4.78 is 5.91. The van der Waals surface area contributed by atoms with E-state index >= 15 is 0 Å². The van der Waals surface area contributed by atoms with E-state index < -0.39 is 0 Å². The van der Waals surface area contributed by atoms with E-state index in [0.29, 0.717) is 11.3 Å². The van der Waals surface area contributed by atoms with Crippen LogP contribution in [0.3, 0.4) is 0 Å². The molecule has 0 radical (unpaired) electrons. The van der Waals surface area contributed by atoms with E-state index in [-0.39, 0.29) is 6.10 Å². The number of terminal acetylenes is 1. The van der Waals surface area contributed by atoms with Crippen LogP contribution in [0.25, 0.3) is 0 Å². The summed E-state index contributed by atoms with van der Waals surface area (Å²) in [6, 6.07) is 0. The standard InChI is InChI=1S/C16H28O/c1-6-8-11-17-15(7-2)14-10-9-13(3)12-16(14,4)5/h2,13-15H,6,8-12H2,1,3-5H3. The van der Waals surface area contributed by atoms with Crippen LogP contribution in [0.4, 0.5) is 0 Å². The number of hydrogen-bond acceptors (Lipinski definition) is 1. The van der Waals surface area contributed by atoms with E-state index in [9.17, 15) is 0 Å². The van der Waals surface area contributed by atoms with Gasteiger partial charge in [0.05, 0.1) is 0 Å². The van der Waals surface area contributed by atoms with Crippen LogP contribution in [-0.2, 0) is 4.74 Å². The smallest absolute Gasteiger partial charge is 0.121 e. The van der Waals surface area contributed by atoms with E-state index in [0.717, 1.165) is 18.9 Å². The van der Waals surface area contributed by atoms with Gasteiger partial charge in [0.15, 0.2) is 0 Å². The van der Waals surface area contributed by atoms with Gasteiger partial charge in [0.25, 0.3) is 0 Å². The van der Waals surface area contributed by atoms with Crippen LogP contribution in [0.15, 0.2) is 0 Å². The highest BCUT2D eigenvalue weighted by molar-refractivity contribution is 5.03. The lowest BCUT2D eigenvalue weighted by Crippen LogP contribution is -2.39. The molecule has 1 aliphatic rings. The zero-order valence-electron chi connectivity index (χ0n) is 12.0. The Kier molecular flexibility index (Phi) is 5.53. The lowest BCUT2D eigenvalue weighted by molar-refractivity contribution is -0.0261. The molecule has 1 fully saturated rings. The molecule has 17 heavy (non-hydrogen) atoms. The van der Waals surface area contributed by atoms with Crippen molar-refractivity contribution in [3.05, 3.63) is 0 Å². The molecule has 1 heteroatoms. The van der Waals surface area contributed by atoms with Gasteiger partial charge in [0, 0.05) is 12.5 Å². The van der Waals surface area contributed by atoms with Crippen LogP contribution >= 0.6 is 0 Å². The van der Waals surface area contributed by atoms with Gasteiger partial charge in [0.2, 0.25) is 0 Å². The molecule has 1 saturated carbocycles. The third-order valence-electron chi connectivity index (χ3n) is 4.17. The van der Waals surface area contributed by atoms with Crippen molar-refractivity contribution in [2.24, 2.45) is 17.3 Å². The third-order valence-corrected chi connectivity index (χ3v) is 4.17. The summed E-state index contributed by atoms with van der Waals surface area (Å²) in [4.78, 5) is 0. The zero-order valence-corrected chi connectivity index (χ0v) is 12.0. The van der Waals surface area contributed by atoms with E-state index in [1.54, 1.807) is 0 Å². The Morgan fingerprint density at radius 1 is 1.41 bits per heavy atom. The topological polar surface area (TPSA) is 9.23 Å². The minimum Gasteiger partial charge on any atom is -0.365 e. The Bertz CT molecular complexity index is 261. The second kappa shape index (κ2) is 6.45. The van der Waals surface area contributed by atoms with Crippen LogP contribution in [0, 0.1) is 29.6 Å². The summed E-state index contributed by atoms with van der Waals surface area (Å²) in [5.41, 5.74) is 0.320. The van der Waals surface area contributed by atoms with Gasteiger partial charge in [-0.1, -0.05) is 46.5 Å². The molecule has 0 heterocycles. The molecular weight excluding hydrogens is 208 g/mol. The molecule has 0 N–H and O–H groups in total. The normalized spacial score (nSPS) is 29.6. The molecule has 0 aromatic rings. The van der Waals surface area contributed by atoms with Crippen molar-refractivity contribution >= 4 is 0 Å². The van der Waals surface area contributed by atoms with E-state index in [2.05, 4.69) is 33.6 Å². The predicted molar refractivity (Wildman–Crippen MR) is 73.8 cm³/mol. The third kappa shape index (κ3) is 4.03. The van der Waals surface area contributed by atoms with Crippen LogP contribution in [0.1, 0.15) is 59.8 Å². The Hall–Kier alpha value is -0.480. The number of unbranched alkanes of at least 4 members (excludes halogenated alkanes) is 1. The molecule has 1 aliphatic carbocycles. The highest BCUT2D eigenvalue weighted by atomic mass is 16.5. The minimum atomic E-state index is 0.0176. The van der Waals surface area contributed by atoms with E-state index in [1.807, 2.05) is 0 Å². The van der Waals surface area contributed by atoms with Crippen molar-refractivity contribution in [3.63, 3.8) is 0 Å². The van der Waals surface area contributed by atoms with Crippen molar-refractivity contribution in [3.8, 4) is 12.3 Å². The first kappa shape index (κ1) is 14.6. The molecule has 0 amide bonds. The molecule has 0 aromatic carbocycles. The first-order valence-corrected chi connectivity index (χ1v) is 7.09. The predicted octanol–water partition coefficient (Wildman–Crippen LogP) is 4.27. The van der Waals surface area contributed by atoms with Gasteiger partial charge in [-0.2, -0.15) is 0 Å². The van der Waals surface area contributed by atoms with Crippen molar-refractivity contribution in [2.75, 3.05) is 6.61 Å². The molecule has 0 saturated heterocycles. The van der Waals surface area contributed by atoms with Gasteiger partial charge in [-0.05, 0) is 30.6 Å². The Balaban J connectivity index is 2.58. The molecule has 3 unspecified atom stereocenters. The first-order chi connectivity index (χ1) is 8.01. The van der Waals surface area contributed by atoms with E-state index in [4.69, 9.17) is 11.2 Å². The molecule has 98 valence electrons. The van der Waals surface area contributed by atoms with Gasteiger partial charge in [-0.3, -0.25) is 0 Å². The average molecular weight is 236 g/mol. The van der Waals surface area contributed by atoms with Gasteiger partial charge >= 0.3 is 0 Å². The Morgan fingerprint density at radius 2 is 2.12 bits per heavy atom. The van der Waals surface area contributed by atoms with Gasteiger partial charge in [-0.25, -0.2) is 0 Å². The highest BCUT2D eigenvalue weighted by Crippen LogP contribution is 2.45. The van der Waals surface area contributed by atoms with Crippen molar-refractivity contribution in [1.82, 2.24) is 0 Å². The minimum absolute atomic E-state index is 0.0176. The largest absolute Gasteiger partial charge is 0.365 e. The second-order valence-corrected chi connectivity index (χ2v) is 6.29. The van der Waals surface area contributed by atoms with Gasteiger partial charge in [-0.15, -0.1) is 6.42 Å². The van der Waals surface area contributed by atoms with E-state index in [1.165, 1.54) is 25.7 Å². The summed E-state index contributed by atoms with van der Waals surface area (Å²) in [6.07, 6.45) is 11.7. The van der Waals surface area contributed by atoms with Crippen molar-refractivity contribution in [2.45, 2.75) is 65.9 Å². The van der Waals surface area contributed by atoms with Crippen molar-refractivity contribution in [1.29, 1.82) is 0 Å². The lowest BCUT2D eigenvalue weighted by Gasteiger charge is -2.43. The van der Waals surface area contributed by atoms with Crippen molar-refractivity contribution < 1.29 is 4.74 Å². The average Bonchev–Trinajstić information content (AvgIpc) is 2.25. The number of ether oxygens (including phenoxy) is 1. The first-order valence-electron chi connectivity index (χ1n) is 7.09. The van der Waals surface area contributed by atoms with Crippen LogP contribution < -0.4 is 0 Å². The monoisotopic (exact) mass is 236 g/mol. The molecular formula is C16H28O. The second-order valence-electron chi connectivity index (χ2n) is 6.29. The molecule has 0 spiro atoms. The molecule has 0 aromatic heterocycles. The maximum Gasteiger partial charge on any atom is 0.121 e. The SMILES string of the molecule is C#CC(OCCCC)C1CCC(C)CC1(C)C. The summed E-state index contributed by atoms with van der Waals surface area (Å²) in [5.74, 6) is 4.24. The quantitative estimate of drug-likeness (QED) is 0.512. The molecule has 0 bridgehead atoms. The molecule has 1 rings (SSSR count). The molecule has 0 aliphatic heterocycles. The van der Waals surface area contributed by atoms with Gasteiger partial charge < -0.3 is 4.74 Å². The summed E-state index contributed by atoms with van der Waals surface area (Å²) in [7, 11) is 0. The fourth-order valence-electron chi connectivity index (χ4n) is 3.20.